The van der Waals surface area contributed by atoms with Crippen molar-refractivity contribution in [3.8, 4) is 0 Å². The van der Waals surface area contributed by atoms with Crippen molar-refractivity contribution in [1.82, 2.24) is 4.45 Å². The molecule has 1 aromatic heterocycles. The summed E-state index contributed by atoms with van der Waals surface area (Å²) in [4.78, 5) is 10.5. The Morgan fingerprint density at radius 2 is 2.75 bits per heavy atom. The molecule has 0 saturated carbocycles. The minimum absolute atomic E-state index is 0.0401. The summed E-state index contributed by atoms with van der Waals surface area (Å²) in [7, 11) is 0.520. The fourth-order valence-corrected chi connectivity index (χ4v) is 1.73. The van der Waals surface area contributed by atoms with Crippen molar-refractivity contribution in [1.29, 1.82) is 0 Å². The summed E-state index contributed by atoms with van der Waals surface area (Å²) in [5.74, 6) is 0. The average Bonchev–Trinajstić information content (AvgIpc) is 2.14. The van der Waals surface area contributed by atoms with Gasteiger partial charge in [0.25, 0.3) is 5.51 Å². The maximum atomic E-state index is 10.5. The minimum atomic E-state index is -0.0401. The molecule has 1 N–H and O–H groups in total. The highest BCUT2D eigenvalue weighted by atomic mass is 32.4. The van der Waals surface area contributed by atoms with E-state index in [1.807, 2.05) is 0 Å². The van der Waals surface area contributed by atoms with Gasteiger partial charge in [-0.3, -0.25) is 4.79 Å². The van der Waals surface area contributed by atoms with Crippen LogP contribution >= 0.6 is 18.8 Å². The van der Waals surface area contributed by atoms with Crippen molar-refractivity contribution < 1.29 is 5.10 Å². The van der Waals surface area contributed by atoms with Gasteiger partial charge in [-0.15, -0.1) is 5.10 Å². The fraction of sp³-hybridized carbons (Fsp3) is 0. The highest BCUT2D eigenvalue weighted by Gasteiger charge is 1.96. The summed E-state index contributed by atoms with van der Waals surface area (Å²) < 4.78 is 1.33. The summed E-state index contributed by atoms with van der Waals surface area (Å²) in [5, 5.41) is 2.66. The van der Waals surface area contributed by atoms with E-state index in [0.29, 0.717) is 7.51 Å². The second-order valence-corrected chi connectivity index (χ2v) is 2.90. The van der Waals surface area contributed by atoms with E-state index in [4.69, 9.17) is 0 Å². The van der Waals surface area contributed by atoms with Gasteiger partial charge in [0.2, 0.25) is 0 Å². The summed E-state index contributed by atoms with van der Waals surface area (Å²) in [5.41, 5.74) is 1.60. The molecule has 0 fully saturated rings. The number of nitrogens with zero attached hydrogens (tertiary/aromatic N) is 1. The van der Waals surface area contributed by atoms with E-state index in [9.17, 15) is 4.79 Å². The van der Waals surface area contributed by atoms with Crippen molar-refractivity contribution in [3.05, 3.63) is 15.2 Å². The molecule has 0 aliphatic carbocycles. The Balaban J connectivity index is 3.30. The normalized spacial score (nSPS) is 10.0. The maximum Gasteiger partial charge on any atom is 0.371 e. The maximum absolute atomic E-state index is 10.5. The molecule has 6 heteroatoms. The first-order chi connectivity index (χ1) is 3.84. The van der Waals surface area contributed by atoms with Crippen molar-refractivity contribution in [3.63, 3.8) is 0 Å². The van der Waals surface area contributed by atoms with E-state index >= 15 is 0 Å². The number of nitrogens with one attached hydrogen (secondary N) is 1. The average molecular weight is 165 g/mol. The molecule has 1 aromatic rings. The Labute approximate surface area is 55.9 Å². The lowest BCUT2D eigenvalue weighted by Gasteiger charge is -1.67. The van der Waals surface area contributed by atoms with Gasteiger partial charge in [0.15, 0.2) is 7.51 Å². The molecule has 3 nitrogen and oxygen atoms in total. The molecule has 0 aliphatic heterocycles. The molecule has 1 heterocycles. The number of H-pyrrole nitrogens is 1. The highest BCUT2D eigenvalue weighted by Crippen LogP contribution is 1.87. The van der Waals surface area contributed by atoms with Crippen LogP contribution in [0.1, 0.15) is 0 Å². The molecule has 0 bridgehead atoms. The second-order valence-electron chi connectivity index (χ2n) is 1.02. The number of aromatic amines is 1. The van der Waals surface area contributed by atoms with E-state index < -0.39 is 0 Å². The van der Waals surface area contributed by atoms with Crippen LogP contribution in [-0.2, 0) is 11.8 Å². The Kier molecular flexibility index (Phi) is 1.83. The molecule has 0 aliphatic rings. The second kappa shape index (κ2) is 2.44. The van der Waals surface area contributed by atoms with Gasteiger partial charge in [-0.25, -0.2) is 0 Å². The van der Waals surface area contributed by atoms with Crippen LogP contribution < -0.4 is 9.97 Å². The van der Waals surface area contributed by atoms with Crippen LogP contribution in [0.25, 0.3) is 0 Å². The van der Waals surface area contributed by atoms with E-state index in [1.54, 1.807) is 5.51 Å². The smallest absolute Gasteiger partial charge is 0.250 e. The molecule has 0 radical (unpaired) electrons. The molecule has 42 valence electrons. The summed E-state index contributed by atoms with van der Waals surface area (Å²) in [6, 6.07) is 0. The zero-order valence-electron chi connectivity index (χ0n) is 3.70. The molecule has 1 rings (SSSR count). The van der Waals surface area contributed by atoms with Gasteiger partial charge in [-0.1, -0.05) is 0 Å². The first-order valence-corrected chi connectivity index (χ1v) is 4.50. The van der Waals surface area contributed by atoms with Gasteiger partial charge in [-0.2, -0.15) is 0 Å². The Bertz CT molecular complexity index is 240. The third kappa shape index (κ3) is 0.992. The number of rotatable bonds is 1. The van der Waals surface area contributed by atoms with Gasteiger partial charge >= 0.3 is 4.87 Å². The van der Waals surface area contributed by atoms with Crippen molar-refractivity contribution in [2.24, 2.45) is 0 Å². The molecule has 0 spiro atoms. The molecule has 0 atom stereocenters. The number of aromatic nitrogens is 2. The van der Waals surface area contributed by atoms with E-state index in [0.717, 1.165) is 11.3 Å². The number of hydrogen-bond acceptors (Lipinski definition) is 3. The van der Waals surface area contributed by atoms with Crippen molar-refractivity contribution in [2.75, 3.05) is 0 Å². The van der Waals surface area contributed by atoms with Crippen molar-refractivity contribution in [2.45, 2.75) is 0 Å². The zero-order valence-corrected chi connectivity index (χ0v) is 6.22. The highest BCUT2D eigenvalue weighted by molar-refractivity contribution is 7.95. The van der Waals surface area contributed by atoms with E-state index in [1.165, 1.54) is 4.45 Å². The molecular weight excluding hydrogens is 163 g/mol. The van der Waals surface area contributed by atoms with Crippen LogP contribution in [0.5, 0.6) is 0 Å². The van der Waals surface area contributed by atoms with Crippen LogP contribution in [0, 0.1) is 0 Å². The molecule has 0 aromatic carbocycles. The molecular formula is C2H2N2OPS2+. The van der Waals surface area contributed by atoms with Gasteiger partial charge in [0.1, 0.15) is 0 Å². The SMILES string of the molecule is O=c1sc[nH+]n1P=S. The summed E-state index contributed by atoms with van der Waals surface area (Å²) >= 11 is 5.68. The lowest BCUT2D eigenvalue weighted by Crippen LogP contribution is -2.17. The van der Waals surface area contributed by atoms with Gasteiger partial charge in [0, 0.05) is 0 Å². The predicted octanol–water partition coefficient (Wildman–Crippen LogP) is -0.105. The summed E-state index contributed by atoms with van der Waals surface area (Å²) in [6.45, 7) is 0. The monoisotopic (exact) mass is 165 g/mol. The molecule has 0 amide bonds. The van der Waals surface area contributed by atoms with E-state index in [-0.39, 0.29) is 4.87 Å². The van der Waals surface area contributed by atoms with Gasteiger partial charge in [0.05, 0.1) is 0 Å². The Hall–Kier alpha value is -0.120. The van der Waals surface area contributed by atoms with Crippen LogP contribution in [0.15, 0.2) is 10.3 Å². The molecule has 8 heavy (non-hydrogen) atoms. The first kappa shape index (κ1) is 6.01. The van der Waals surface area contributed by atoms with Gasteiger partial charge < -0.3 is 0 Å². The zero-order chi connectivity index (χ0) is 5.98. The van der Waals surface area contributed by atoms with Crippen LogP contribution in [0.4, 0.5) is 0 Å². The third-order valence-corrected chi connectivity index (χ3v) is 2.28. The molecule has 0 unspecified atom stereocenters. The Morgan fingerprint density at radius 3 is 3.00 bits per heavy atom. The fourth-order valence-electron chi connectivity index (χ4n) is 0.286. The van der Waals surface area contributed by atoms with Crippen LogP contribution in [0.3, 0.4) is 0 Å². The van der Waals surface area contributed by atoms with Crippen LogP contribution in [-0.4, -0.2) is 4.45 Å². The topological polar surface area (TPSA) is 36.1 Å². The van der Waals surface area contributed by atoms with Crippen LogP contribution in [0.2, 0.25) is 0 Å². The van der Waals surface area contributed by atoms with E-state index in [2.05, 4.69) is 16.9 Å². The quantitative estimate of drug-likeness (QED) is 0.544. The summed E-state index contributed by atoms with van der Waals surface area (Å²) in [6.07, 6.45) is 0. The minimum Gasteiger partial charge on any atom is -0.250 e. The Morgan fingerprint density at radius 1 is 2.00 bits per heavy atom. The number of hydrogen-bond donors (Lipinski definition) is 0. The lowest BCUT2D eigenvalue weighted by atomic mass is 11.5. The van der Waals surface area contributed by atoms with Gasteiger partial charge in [-0.05, 0) is 27.6 Å². The van der Waals surface area contributed by atoms with Crippen molar-refractivity contribution >= 4 is 30.7 Å². The predicted molar refractivity (Wildman–Crippen MR) is 34.8 cm³/mol. The molecule has 0 saturated heterocycles. The first-order valence-electron chi connectivity index (χ1n) is 1.76. The lowest BCUT2D eigenvalue weighted by molar-refractivity contribution is -0.462. The third-order valence-electron chi connectivity index (χ3n) is 0.589. The standard InChI is InChI=1S/C2HN2OPS2/c5-2-4(6-7)3-1-8-2/h1H/p+1. The largest absolute Gasteiger partial charge is 0.371 e.